The second-order valence-corrected chi connectivity index (χ2v) is 4.08. The maximum atomic E-state index is 10.7. The van der Waals surface area contributed by atoms with Gasteiger partial charge >= 0.3 is 5.97 Å². The fourth-order valence-electron chi connectivity index (χ4n) is 1.86. The summed E-state index contributed by atoms with van der Waals surface area (Å²) in [6.07, 6.45) is 0.227. The second-order valence-electron chi connectivity index (χ2n) is 4.08. The third-order valence-corrected chi connectivity index (χ3v) is 2.79. The third kappa shape index (κ3) is 2.04. The van der Waals surface area contributed by atoms with E-state index in [1.807, 2.05) is 12.1 Å². The monoisotopic (exact) mass is 244 g/mol. The topological polar surface area (TPSA) is 105 Å². The van der Waals surface area contributed by atoms with Crippen molar-refractivity contribution >= 4 is 16.9 Å². The zero-order valence-electron chi connectivity index (χ0n) is 9.79. The van der Waals surface area contributed by atoms with Crippen LogP contribution in [0.2, 0.25) is 0 Å². The van der Waals surface area contributed by atoms with Crippen LogP contribution in [0.15, 0.2) is 18.2 Å². The fourth-order valence-corrected chi connectivity index (χ4v) is 1.86. The number of aliphatic carboxylic acids is 1. The first-order valence-electron chi connectivity index (χ1n) is 5.37. The fraction of sp³-hybridized carbons (Fsp3) is 0.250. The summed E-state index contributed by atoms with van der Waals surface area (Å²) in [6.45, 7) is 0. The lowest BCUT2D eigenvalue weighted by Gasteiger charge is -2.06. The number of carboxylic acids is 1. The van der Waals surface area contributed by atoms with E-state index >= 15 is 0 Å². The van der Waals surface area contributed by atoms with Crippen LogP contribution in [-0.2, 0) is 18.3 Å². The van der Waals surface area contributed by atoms with E-state index in [9.17, 15) is 4.79 Å². The molecule has 2 aromatic rings. The van der Waals surface area contributed by atoms with E-state index < -0.39 is 12.0 Å². The molecule has 0 amide bonds. The number of rotatable bonds is 3. The standard InChI is InChI=1S/C12H12N4O2/c1-16-11-3-2-7(5-9(14)12(17)18)4-8(11)10(6-13)15-16/h2-4,9H,5,14H2,1H3,(H,17,18)/t9-/m0/s1. The Morgan fingerprint density at radius 2 is 2.39 bits per heavy atom. The largest absolute Gasteiger partial charge is 0.480 e. The number of aromatic nitrogens is 2. The highest BCUT2D eigenvalue weighted by atomic mass is 16.4. The number of nitrogens with two attached hydrogens (primary N) is 1. The highest BCUT2D eigenvalue weighted by molar-refractivity contribution is 5.85. The van der Waals surface area contributed by atoms with Gasteiger partial charge in [-0.1, -0.05) is 6.07 Å². The minimum Gasteiger partial charge on any atom is -0.480 e. The molecule has 0 spiro atoms. The van der Waals surface area contributed by atoms with Crippen LogP contribution in [0.1, 0.15) is 11.3 Å². The van der Waals surface area contributed by atoms with Crippen LogP contribution in [0.3, 0.4) is 0 Å². The van der Waals surface area contributed by atoms with E-state index in [1.54, 1.807) is 23.9 Å². The predicted molar refractivity (Wildman–Crippen MR) is 64.7 cm³/mol. The van der Waals surface area contributed by atoms with Crippen molar-refractivity contribution in [1.82, 2.24) is 9.78 Å². The molecule has 0 bridgehead atoms. The Morgan fingerprint density at radius 1 is 1.67 bits per heavy atom. The smallest absolute Gasteiger partial charge is 0.320 e. The van der Waals surface area contributed by atoms with E-state index in [0.717, 1.165) is 16.5 Å². The van der Waals surface area contributed by atoms with E-state index in [1.165, 1.54) is 0 Å². The van der Waals surface area contributed by atoms with Crippen LogP contribution in [0.5, 0.6) is 0 Å². The van der Waals surface area contributed by atoms with Crippen molar-refractivity contribution in [2.75, 3.05) is 0 Å². The van der Waals surface area contributed by atoms with E-state index in [-0.39, 0.29) is 6.42 Å². The van der Waals surface area contributed by atoms with Crippen LogP contribution in [0.25, 0.3) is 10.9 Å². The summed E-state index contributed by atoms with van der Waals surface area (Å²) in [5.41, 5.74) is 7.43. The van der Waals surface area contributed by atoms with E-state index in [0.29, 0.717) is 5.69 Å². The minimum atomic E-state index is -1.04. The molecule has 0 fully saturated rings. The molecular weight excluding hydrogens is 232 g/mol. The van der Waals surface area contributed by atoms with Gasteiger partial charge in [0.25, 0.3) is 0 Å². The van der Waals surface area contributed by atoms with Gasteiger partial charge in [0, 0.05) is 12.4 Å². The molecule has 0 saturated carbocycles. The minimum absolute atomic E-state index is 0.227. The van der Waals surface area contributed by atoms with Gasteiger partial charge in [-0.2, -0.15) is 10.4 Å². The molecule has 0 radical (unpaired) electrons. The number of hydrogen-bond donors (Lipinski definition) is 2. The van der Waals surface area contributed by atoms with Gasteiger partial charge in [0.15, 0.2) is 5.69 Å². The molecule has 1 aromatic carbocycles. The van der Waals surface area contributed by atoms with Crippen molar-refractivity contribution in [3.63, 3.8) is 0 Å². The van der Waals surface area contributed by atoms with Crippen LogP contribution >= 0.6 is 0 Å². The quantitative estimate of drug-likeness (QED) is 0.813. The molecule has 0 aliphatic carbocycles. The van der Waals surface area contributed by atoms with Crippen LogP contribution in [0.4, 0.5) is 0 Å². The van der Waals surface area contributed by atoms with Gasteiger partial charge in [0.1, 0.15) is 12.1 Å². The molecule has 6 nitrogen and oxygen atoms in total. The first-order valence-corrected chi connectivity index (χ1v) is 5.37. The summed E-state index contributed by atoms with van der Waals surface area (Å²) >= 11 is 0. The van der Waals surface area contributed by atoms with Gasteiger partial charge in [-0.3, -0.25) is 9.48 Å². The molecular formula is C12H12N4O2. The van der Waals surface area contributed by atoms with Gasteiger partial charge in [-0.05, 0) is 24.1 Å². The van der Waals surface area contributed by atoms with Crippen molar-refractivity contribution in [1.29, 1.82) is 5.26 Å². The SMILES string of the molecule is Cn1nc(C#N)c2cc(C[C@H](N)C(=O)O)ccc21. The number of nitriles is 1. The lowest BCUT2D eigenvalue weighted by Crippen LogP contribution is -2.32. The van der Waals surface area contributed by atoms with Crippen LogP contribution in [-0.4, -0.2) is 26.9 Å². The summed E-state index contributed by atoms with van der Waals surface area (Å²) in [5.74, 6) is -1.04. The molecule has 6 heteroatoms. The molecule has 1 aromatic heterocycles. The number of aryl methyl sites for hydroxylation is 1. The van der Waals surface area contributed by atoms with Gasteiger partial charge in [0.05, 0.1) is 5.52 Å². The summed E-state index contributed by atoms with van der Waals surface area (Å²) in [4.78, 5) is 10.7. The van der Waals surface area contributed by atoms with E-state index in [4.69, 9.17) is 16.1 Å². The van der Waals surface area contributed by atoms with Crippen LogP contribution in [0, 0.1) is 11.3 Å². The normalized spacial score (nSPS) is 12.3. The first kappa shape index (κ1) is 12.1. The maximum absolute atomic E-state index is 10.7. The Kier molecular flexibility index (Phi) is 3.00. The summed E-state index contributed by atoms with van der Waals surface area (Å²) in [7, 11) is 1.76. The van der Waals surface area contributed by atoms with Crippen LogP contribution < -0.4 is 5.73 Å². The summed E-state index contributed by atoms with van der Waals surface area (Å²) < 4.78 is 1.62. The lowest BCUT2D eigenvalue weighted by molar-refractivity contribution is -0.138. The summed E-state index contributed by atoms with van der Waals surface area (Å²) in [6, 6.07) is 6.45. The van der Waals surface area contributed by atoms with Crippen molar-refractivity contribution in [3.05, 3.63) is 29.5 Å². The number of fused-ring (bicyclic) bond motifs is 1. The number of nitrogens with zero attached hydrogens (tertiary/aromatic N) is 3. The van der Waals surface area contributed by atoms with E-state index in [2.05, 4.69) is 5.10 Å². The molecule has 92 valence electrons. The first-order chi connectivity index (χ1) is 8.52. The third-order valence-electron chi connectivity index (χ3n) is 2.79. The molecule has 18 heavy (non-hydrogen) atoms. The van der Waals surface area contributed by atoms with Gasteiger partial charge in [-0.25, -0.2) is 0 Å². The molecule has 0 aliphatic rings. The zero-order valence-corrected chi connectivity index (χ0v) is 9.79. The van der Waals surface area contributed by atoms with Crippen molar-refractivity contribution < 1.29 is 9.90 Å². The van der Waals surface area contributed by atoms with Crippen molar-refractivity contribution in [2.45, 2.75) is 12.5 Å². The Bertz CT molecular complexity index is 654. The summed E-state index contributed by atoms with van der Waals surface area (Å²) in [5, 5.41) is 22.5. The highest BCUT2D eigenvalue weighted by Gasteiger charge is 2.14. The Morgan fingerprint density at radius 3 is 3.00 bits per heavy atom. The van der Waals surface area contributed by atoms with Gasteiger partial charge in [0.2, 0.25) is 0 Å². The Hall–Kier alpha value is -2.39. The molecule has 3 N–H and O–H groups in total. The number of hydrogen-bond acceptors (Lipinski definition) is 4. The maximum Gasteiger partial charge on any atom is 0.320 e. The Labute approximate surface area is 103 Å². The lowest BCUT2D eigenvalue weighted by atomic mass is 10.0. The molecule has 2 rings (SSSR count). The van der Waals surface area contributed by atoms with Gasteiger partial charge < -0.3 is 10.8 Å². The molecule has 1 atom stereocenters. The predicted octanol–water partition coefficient (Wildman–Crippen LogP) is 0.399. The molecule has 0 unspecified atom stereocenters. The zero-order chi connectivity index (χ0) is 13.3. The van der Waals surface area contributed by atoms with Gasteiger partial charge in [-0.15, -0.1) is 0 Å². The second kappa shape index (κ2) is 4.47. The van der Waals surface area contributed by atoms with Crippen molar-refractivity contribution in [3.8, 4) is 6.07 Å². The highest BCUT2D eigenvalue weighted by Crippen LogP contribution is 2.19. The average molecular weight is 244 g/mol. The molecule has 1 heterocycles. The number of carbonyl (C=O) groups is 1. The molecule has 0 aliphatic heterocycles. The Balaban J connectivity index is 2.44. The average Bonchev–Trinajstić information content (AvgIpc) is 2.65. The number of benzene rings is 1. The number of carboxylic acid groups (broad SMARTS) is 1. The van der Waals surface area contributed by atoms with Crippen molar-refractivity contribution in [2.24, 2.45) is 12.8 Å². The molecule has 0 saturated heterocycles.